The Labute approximate surface area is 287 Å². The molecule has 0 bridgehead atoms. The Balaban J connectivity index is 1.69. The van der Waals surface area contributed by atoms with Crippen LogP contribution in [0.15, 0.2) is 29.9 Å². The maximum atomic E-state index is 13.4. The molecule has 11 heteroatoms. The Morgan fingerprint density at radius 2 is 1.38 bits per heavy atom. The number of allylic oxidation sites excluding steroid dienone is 3. The minimum Gasteiger partial charge on any atom is -0.507 e. The van der Waals surface area contributed by atoms with Crippen LogP contribution in [-0.4, -0.2) is 116 Å². The summed E-state index contributed by atoms with van der Waals surface area (Å²) < 4.78 is 37.8. The number of amides is 1. The fraction of sp³-hybridized carbons (Fsp3) is 0.703. The zero-order chi connectivity index (χ0) is 35.0. The summed E-state index contributed by atoms with van der Waals surface area (Å²) in [6.07, 6.45) is 7.38. The molecule has 11 nitrogen and oxygen atoms in total. The van der Waals surface area contributed by atoms with E-state index in [1.165, 1.54) is 5.57 Å². The summed E-state index contributed by atoms with van der Waals surface area (Å²) in [6, 6.07) is 1.66. The minimum absolute atomic E-state index is 0.0253. The maximum Gasteiger partial charge on any atom is 0.255 e. The Morgan fingerprint density at radius 3 is 1.88 bits per heavy atom. The summed E-state index contributed by atoms with van der Waals surface area (Å²) in [5.41, 5.74) is 3.47. The molecule has 0 saturated carbocycles. The predicted octanol–water partition coefficient (Wildman–Crippen LogP) is 5.32. The molecule has 3 N–H and O–H groups in total. The first kappa shape index (κ1) is 41.7. The van der Waals surface area contributed by atoms with Crippen molar-refractivity contribution in [3.63, 3.8) is 0 Å². The molecular formula is C37H61NO10. The van der Waals surface area contributed by atoms with Crippen molar-refractivity contribution >= 4 is 5.91 Å². The molecule has 0 fully saturated rings. The number of hydrogen-bond acceptors (Lipinski definition) is 10. The van der Waals surface area contributed by atoms with Crippen LogP contribution in [0.25, 0.3) is 0 Å². The predicted molar refractivity (Wildman–Crippen MR) is 186 cm³/mol. The van der Waals surface area contributed by atoms with Gasteiger partial charge in [-0.3, -0.25) is 4.79 Å². The van der Waals surface area contributed by atoms with E-state index in [9.17, 15) is 15.0 Å². The van der Waals surface area contributed by atoms with E-state index in [0.29, 0.717) is 103 Å². The lowest BCUT2D eigenvalue weighted by atomic mass is 9.73. The molecule has 1 aliphatic carbocycles. The number of methoxy groups -OCH3 is 1. The number of aromatic hydroxyl groups is 2. The van der Waals surface area contributed by atoms with E-state index in [1.54, 1.807) is 13.2 Å². The molecule has 0 spiro atoms. The Bertz CT molecular complexity index is 1090. The van der Waals surface area contributed by atoms with Crippen molar-refractivity contribution < 1.29 is 48.2 Å². The fourth-order valence-corrected chi connectivity index (χ4v) is 5.64. The van der Waals surface area contributed by atoms with Gasteiger partial charge < -0.3 is 48.7 Å². The Kier molecular flexibility index (Phi) is 22.1. The smallest absolute Gasteiger partial charge is 0.255 e. The Morgan fingerprint density at radius 1 is 0.854 bits per heavy atom. The third-order valence-corrected chi connectivity index (χ3v) is 8.21. The summed E-state index contributed by atoms with van der Waals surface area (Å²) in [5, 5.41) is 25.5. The molecule has 0 saturated heterocycles. The average molecular weight is 680 g/mol. The van der Waals surface area contributed by atoms with Crippen molar-refractivity contribution in [1.82, 2.24) is 5.32 Å². The fourth-order valence-electron chi connectivity index (χ4n) is 5.64. The van der Waals surface area contributed by atoms with Gasteiger partial charge in [-0.25, -0.2) is 0 Å². The standard InChI is InChI=1S/C37H61NO10/c1-6-7-8-9-30-27-33(39)35(32-26-29(4)10-11-31(32)28(2)3)36(40)34(30)37(41)38-12-13-43-16-17-45-20-21-47-24-25-48-23-22-46-19-18-44-15-14-42-5/h26-27,31-32,39-40H,2,6-25H2,1,3-5H3,(H,38,41). The normalized spacial score (nSPS) is 16.2. The summed E-state index contributed by atoms with van der Waals surface area (Å²) >= 11 is 0. The van der Waals surface area contributed by atoms with Gasteiger partial charge in [-0.2, -0.15) is 0 Å². The number of nitrogens with one attached hydrogen (secondary N) is 1. The quantitative estimate of drug-likeness (QED) is 0.0789. The molecule has 2 unspecified atom stereocenters. The number of unbranched alkanes of at least 4 members (excludes halogenated alkanes) is 2. The highest BCUT2D eigenvalue weighted by Gasteiger charge is 2.33. The molecule has 1 aliphatic rings. The van der Waals surface area contributed by atoms with Crippen LogP contribution in [0.4, 0.5) is 0 Å². The van der Waals surface area contributed by atoms with E-state index in [0.717, 1.165) is 37.7 Å². The highest BCUT2D eigenvalue weighted by molar-refractivity contribution is 5.99. The maximum absolute atomic E-state index is 13.4. The largest absolute Gasteiger partial charge is 0.507 e. The van der Waals surface area contributed by atoms with Gasteiger partial charge in [-0.15, -0.1) is 0 Å². The topological polar surface area (TPSA) is 134 Å². The zero-order valence-electron chi connectivity index (χ0n) is 29.8. The zero-order valence-corrected chi connectivity index (χ0v) is 29.8. The highest BCUT2D eigenvalue weighted by atomic mass is 16.6. The molecule has 48 heavy (non-hydrogen) atoms. The van der Waals surface area contributed by atoms with Crippen molar-refractivity contribution in [3.8, 4) is 11.5 Å². The third kappa shape index (κ3) is 15.8. The summed E-state index contributed by atoms with van der Waals surface area (Å²) in [4.78, 5) is 13.4. The van der Waals surface area contributed by atoms with Crippen LogP contribution in [0, 0.1) is 5.92 Å². The molecule has 0 heterocycles. The molecule has 2 rings (SSSR count). The number of carbonyl (C=O) groups is 1. The molecule has 1 aromatic carbocycles. The van der Waals surface area contributed by atoms with Crippen molar-refractivity contribution in [2.75, 3.05) is 99.5 Å². The lowest BCUT2D eigenvalue weighted by Gasteiger charge is -2.32. The number of aryl methyl sites for hydroxylation is 1. The van der Waals surface area contributed by atoms with Crippen LogP contribution in [0.1, 0.15) is 80.3 Å². The van der Waals surface area contributed by atoms with Crippen LogP contribution < -0.4 is 5.32 Å². The van der Waals surface area contributed by atoms with Gasteiger partial charge in [0.15, 0.2) is 0 Å². The summed E-state index contributed by atoms with van der Waals surface area (Å²) in [6.45, 7) is 16.7. The van der Waals surface area contributed by atoms with Crippen LogP contribution >= 0.6 is 0 Å². The van der Waals surface area contributed by atoms with Gasteiger partial charge in [-0.1, -0.05) is 43.6 Å². The number of phenols is 2. The van der Waals surface area contributed by atoms with E-state index in [4.69, 9.17) is 33.2 Å². The summed E-state index contributed by atoms with van der Waals surface area (Å²) in [5.74, 6) is -0.670. The van der Waals surface area contributed by atoms with E-state index in [1.807, 2.05) is 6.92 Å². The molecule has 2 atom stereocenters. The second kappa shape index (κ2) is 25.5. The first-order valence-electron chi connectivity index (χ1n) is 17.5. The highest BCUT2D eigenvalue weighted by Crippen LogP contribution is 2.48. The van der Waals surface area contributed by atoms with Crippen molar-refractivity contribution in [2.45, 2.75) is 65.2 Å². The van der Waals surface area contributed by atoms with Gasteiger partial charge in [-0.05, 0) is 57.1 Å². The number of carbonyl (C=O) groups excluding carboxylic acids is 1. The monoisotopic (exact) mass is 679 g/mol. The van der Waals surface area contributed by atoms with E-state index < -0.39 is 0 Å². The minimum atomic E-state index is -0.375. The number of rotatable bonds is 28. The average Bonchev–Trinajstić information content (AvgIpc) is 3.05. The van der Waals surface area contributed by atoms with Gasteiger partial charge in [0.05, 0.1) is 91.5 Å². The molecule has 0 aliphatic heterocycles. The number of phenolic OH excluding ortho intramolecular Hbond substituents is 2. The molecule has 0 aromatic heterocycles. The molecule has 274 valence electrons. The van der Waals surface area contributed by atoms with Gasteiger partial charge in [0.25, 0.3) is 5.91 Å². The molecule has 0 radical (unpaired) electrons. The van der Waals surface area contributed by atoms with E-state index >= 15 is 0 Å². The van der Waals surface area contributed by atoms with Gasteiger partial charge in [0.1, 0.15) is 11.5 Å². The van der Waals surface area contributed by atoms with E-state index in [2.05, 4.69) is 31.8 Å². The summed E-state index contributed by atoms with van der Waals surface area (Å²) in [7, 11) is 1.64. The van der Waals surface area contributed by atoms with Crippen molar-refractivity contribution in [2.24, 2.45) is 5.92 Å². The van der Waals surface area contributed by atoms with Gasteiger partial charge >= 0.3 is 0 Å². The lowest BCUT2D eigenvalue weighted by molar-refractivity contribution is -0.0189. The molecular weight excluding hydrogens is 618 g/mol. The van der Waals surface area contributed by atoms with Crippen LogP contribution in [0.3, 0.4) is 0 Å². The molecule has 1 aromatic rings. The Hall–Kier alpha value is -2.51. The van der Waals surface area contributed by atoms with Crippen LogP contribution in [-0.2, 0) is 39.6 Å². The first-order chi connectivity index (χ1) is 23.3. The number of ether oxygens (including phenoxy) is 7. The van der Waals surface area contributed by atoms with Crippen LogP contribution in [0.5, 0.6) is 11.5 Å². The second-order valence-electron chi connectivity index (χ2n) is 12.1. The number of benzene rings is 1. The first-order valence-corrected chi connectivity index (χ1v) is 17.5. The molecule has 1 amide bonds. The third-order valence-electron chi connectivity index (χ3n) is 8.21. The van der Waals surface area contributed by atoms with Crippen LogP contribution in [0.2, 0.25) is 0 Å². The second-order valence-corrected chi connectivity index (χ2v) is 12.1. The number of hydrogen-bond donors (Lipinski definition) is 3. The van der Waals surface area contributed by atoms with Gasteiger partial charge in [0, 0.05) is 25.1 Å². The van der Waals surface area contributed by atoms with Crippen molar-refractivity contribution in [3.05, 3.63) is 46.6 Å². The van der Waals surface area contributed by atoms with Crippen molar-refractivity contribution in [1.29, 1.82) is 0 Å². The lowest BCUT2D eigenvalue weighted by Crippen LogP contribution is -2.29. The van der Waals surface area contributed by atoms with Gasteiger partial charge in [0.2, 0.25) is 0 Å². The van der Waals surface area contributed by atoms with E-state index in [-0.39, 0.29) is 41.4 Å². The SMILES string of the molecule is C=C(C)C1CCC(C)=CC1c1c(O)cc(CCCCC)c(C(=O)NCCOCCOCCOCCOCCOCCOCCOC)c1O.